The Balaban J connectivity index is 1.94. The van der Waals surface area contributed by atoms with E-state index in [9.17, 15) is 24.3 Å². The molecule has 1 aromatic heterocycles. The number of aromatic amines is 1. The number of aryl methyl sites for hydroxylation is 1. The molecule has 7 heteroatoms. The predicted molar refractivity (Wildman–Crippen MR) is 98.0 cm³/mol. The molecule has 2 atom stereocenters. The minimum Gasteiger partial charge on any atom is -0.481 e. The zero-order valence-corrected chi connectivity index (χ0v) is 15.1. The standard InChI is InChI=1S/C20H20N2O5/c1-11-14(12(2)23)8-15(18(24)21-11)19(25)22-9-16(17(10-22)20(26)27)13-6-4-3-5-7-13/h3-8,16-17H,9-10H2,1-2H3,(H,21,24)(H,26,27)/t16-,17+/m0/s1. The van der Waals surface area contributed by atoms with E-state index in [2.05, 4.69) is 4.98 Å². The summed E-state index contributed by atoms with van der Waals surface area (Å²) in [5.41, 5.74) is 0.770. The minimum atomic E-state index is -0.985. The summed E-state index contributed by atoms with van der Waals surface area (Å²) in [6.07, 6.45) is 0. The maximum Gasteiger partial charge on any atom is 0.308 e. The predicted octanol–water partition coefficient (Wildman–Crippen LogP) is 1.83. The molecule has 0 radical (unpaired) electrons. The highest BCUT2D eigenvalue weighted by Crippen LogP contribution is 2.33. The van der Waals surface area contributed by atoms with E-state index in [1.807, 2.05) is 30.3 Å². The molecule has 27 heavy (non-hydrogen) atoms. The lowest BCUT2D eigenvalue weighted by molar-refractivity contribution is -0.141. The number of carbonyl (C=O) groups excluding carboxylic acids is 2. The van der Waals surface area contributed by atoms with E-state index in [1.165, 1.54) is 17.9 Å². The Labute approximate surface area is 155 Å². The van der Waals surface area contributed by atoms with Crippen molar-refractivity contribution in [1.29, 1.82) is 0 Å². The molecule has 0 unspecified atom stereocenters. The second-order valence-electron chi connectivity index (χ2n) is 6.78. The molecule has 7 nitrogen and oxygen atoms in total. The van der Waals surface area contributed by atoms with Gasteiger partial charge in [-0.15, -0.1) is 0 Å². The van der Waals surface area contributed by atoms with Crippen LogP contribution in [0.15, 0.2) is 41.2 Å². The molecule has 1 aliphatic heterocycles. The fourth-order valence-corrected chi connectivity index (χ4v) is 3.58. The summed E-state index contributed by atoms with van der Waals surface area (Å²) in [5, 5.41) is 9.57. The van der Waals surface area contributed by atoms with Crippen molar-refractivity contribution in [2.24, 2.45) is 5.92 Å². The third-order valence-corrected chi connectivity index (χ3v) is 5.00. The average Bonchev–Trinajstić information content (AvgIpc) is 3.07. The molecule has 1 aliphatic rings. The lowest BCUT2D eigenvalue weighted by Crippen LogP contribution is -2.34. The first-order chi connectivity index (χ1) is 12.8. The number of nitrogens with one attached hydrogen (secondary N) is 1. The lowest BCUT2D eigenvalue weighted by atomic mass is 9.89. The highest BCUT2D eigenvalue weighted by molar-refractivity contribution is 6.00. The molecule has 140 valence electrons. The Bertz CT molecular complexity index is 964. The van der Waals surface area contributed by atoms with Crippen molar-refractivity contribution < 1.29 is 19.5 Å². The molecule has 0 saturated carbocycles. The zero-order chi connectivity index (χ0) is 19.7. The second-order valence-corrected chi connectivity index (χ2v) is 6.78. The monoisotopic (exact) mass is 368 g/mol. The van der Waals surface area contributed by atoms with E-state index in [4.69, 9.17) is 0 Å². The molecule has 1 aromatic carbocycles. The summed E-state index contributed by atoms with van der Waals surface area (Å²) in [7, 11) is 0. The Hall–Kier alpha value is -3.22. The van der Waals surface area contributed by atoms with Gasteiger partial charge in [-0.05, 0) is 25.5 Å². The van der Waals surface area contributed by atoms with Crippen LogP contribution in [0.2, 0.25) is 0 Å². The van der Waals surface area contributed by atoms with Gasteiger partial charge in [0.05, 0.1) is 5.92 Å². The maximum atomic E-state index is 12.9. The van der Waals surface area contributed by atoms with Crippen LogP contribution in [0.4, 0.5) is 0 Å². The molecule has 2 heterocycles. The van der Waals surface area contributed by atoms with Crippen LogP contribution in [-0.4, -0.2) is 45.7 Å². The molecular formula is C20H20N2O5. The molecule has 0 bridgehead atoms. The summed E-state index contributed by atoms with van der Waals surface area (Å²) in [4.78, 5) is 52.5. The van der Waals surface area contributed by atoms with Crippen LogP contribution in [0.25, 0.3) is 0 Å². The van der Waals surface area contributed by atoms with E-state index < -0.39 is 23.4 Å². The average molecular weight is 368 g/mol. The fraction of sp³-hybridized carbons (Fsp3) is 0.300. The van der Waals surface area contributed by atoms with Crippen LogP contribution in [0.5, 0.6) is 0 Å². The quantitative estimate of drug-likeness (QED) is 0.801. The first kappa shape index (κ1) is 18.6. The van der Waals surface area contributed by atoms with Crippen molar-refractivity contribution in [3.8, 4) is 0 Å². The Morgan fingerprint density at radius 2 is 1.78 bits per heavy atom. The molecule has 0 spiro atoms. The molecule has 3 rings (SSSR count). The highest BCUT2D eigenvalue weighted by atomic mass is 16.4. The van der Waals surface area contributed by atoms with Gasteiger partial charge in [0.25, 0.3) is 11.5 Å². The number of hydrogen-bond donors (Lipinski definition) is 2. The van der Waals surface area contributed by atoms with E-state index in [0.717, 1.165) is 5.56 Å². The number of aromatic nitrogens is 1. The Kier molecular flexibility index (Phi) is 4.94. The number of pyridine rings is 1. The van der Waals surface area contributed by atoms with Crippen molar-refractivity contribution in [1.82, 2.24) is 9.88 Å². The number of carboxylic acid groups (broad SMARTS) is 1. The highest BCUT2D eigenvalue weighted by Gasteiger charge is 2.41. The van der Waals surface area contributed by atoms with E-state index in [1.54, 1.807) is 6.92 Å². The van der Waals surface area contributed by atoms with Crippen molar-refractivity contribution in [3.63, 3.8) is 0 Å². The summed E-state index contributed by atoms with van der Waals surface area (Å²) in [6.45, 7) is 3.16. The molecule has 0 aliphatic carbocycles. The molecular weight excluding hydrogens is 348 g/mol. The number of carboxylic acids is 1. The van der Waals surface area contributed by atoms with E-state index in [0.29, 0.717) is 5.69 Å². The van der Waals surface area contributed by atoms with Crippen molar-refractivity contribution in [2.75, 3.05) is 13.1 Å². The molecule has 1 fully saturated rings. The number of carbonyl (C=O) groups is 3. The van der Waals surface area contributed by atoms with Gasteiger partial charge in [0, 0.05) is 30.3 Å². The smallest absolute Gasteiger partial charge is 0.308 e. The van der Waals surface area contributed by atoms with Gasteiger partial charge in [-0.2, -0.15) is 0 Å². The van der Waals surface area contributed by atoms with Gasteiger partial charge in [0.1, 0.15) is 5.56 Å². The van der Waals surface area contributed by atoms with Crippen LogP contribution < -0.4 is 5.56 Å². The number of benzene rings is 1. The number of ketones is 1. The third kappa shape index (κ3) is 3.53. The van der Waals surface area contributed by atoms with Gasteiger partial charge in [-0.25, -0.2) is 0 Å². The van der Waals surface area contributed by atoms with Crippen molar-refractivity contribution in [2.45, 2.75) is 19.8 Å². The minimum absolute atomic E-state index is 0.0104. The number of hydrogen-bond acceptors (Lipinski definition) is 4. The summed E-state index contributed by atoms with van der Waals surface area (Å²) in [5.74, 6) is -2.92. The van der Waals surface area contributed by atoms with Crippen molar-refractivity contribution in [3.05, 3.63) is 69.1 Å². The second kappa shape index (κ2) is 7.19. The zero-order valence-electron chi connectivity index (χ0n) is 15.1. The summed E-state index contributed by atoms with van der Waals surface area (Å²) < 4.78 is 0. The number of likely N-dealkylation sites (tertiary alicyclic amines) is 1. The van der Waals surface area contributed by atoms with Gasteiger partial charge in [0.15, 0.2) is 5.78 Å². The fourth-order valence-electron chi connectivity index (χ4n) is 3.58. The SMILES string of the molecule is CC(=O)c1cc(C(=O)N2C[C@@H](C(=O)O)[C@H](c3ccccc3)C2)c(=O)[nH]c1C. The van der Waals surface area contributed by atoms with Gasteiger partial charge < -0.3 is 15.0 Å². The van der Waals surface area contributed by atoms with Crippen LogP contribution in [-0.2, 0) is 4.79 Å². The Morgan fingerprint density at radius 1 is 1.11 bits per heavy atom. The lowest BCUT2D eigenvalue weighted by Gasteiger charge is -2.17. The molecule has 1 saturated heterocycles. The Morgan fingerprint density at radius 3 is 2.37 bits per heavy atom. The van der Waals surface area contributed by atoms with Gasteiger partial charge in [-0.3, -0.25) is 19.2 Å². The van der Waals surface area contributed by atoms with Gasteiger partial charge in [0.2, 0.25) is 0 Å². The number of rotatable bonds is 4. The number of amides is 1. The summed E-state index contributed by atoms with van der Waals surface area (Å²) in [6, 6.07) is 10.4. The first-order valence-electron chi connectivity index (χ1n) is 8.61. The van der Waals surface area contributed by atoms with Crippen LogP contribution in [0.3, 0.4) is 0 Å². The van der Waals surface area contributed by atoms with E-state index in [-0.39, 0.29) is 35.9 Å². The number of nitrogens with zero attached hydrogens (tertiary/aromatic N) is 1. The van der Waals surface area contributed by atoms with Gasteiger partial charge >= 0.3 is 5.97 Å². The third-order valence-electron chi connectivity index (χ3n) is 5.00. The maximum absolute atomic E-state index is 12.9. The summed E-state index contributed by atoms with van der Waals surface area (Å²) >= 11 is 0. The molecule has 1 amide bonds. The molecule has 2 aromatic rings. The van der Waals surface area contributed by atoms with Crippen LogP contribution in [0.1, 0.15) is 44.8 Å². The number of aliphatic carboxylic acids is 1. The normalized spacial score (nSPS) is 19.1. The molecule has 2 N–H and O–H groups in total. The van der Waals surface area contributed by atoms with Crippen molar-refractivity contribution >= 4 is 17.7 Å². The number of Topliss-reactive ketones (excluding diaryl/α,β-unsaturated/α-hetero) is 1. The van der Waals surface area contributed by atoms with Gasteiger partial charge in [-0.1, -0.05) is 30.3 Å². The van der Waals surface area contributed by atoms with E-state index >= 15 is 0 Å². The number of H-pyrrole nitrogens is 1. The van der Waals surface area contributed by atoms with Crippen LogP contribution >= 0.6 is 0 Å². The van der Waals surface area contributed by atoms with Crippen LogP contribution in [0, 0.1) is 12.8 Å². The topological polar surface area (TPSA) is 108 Å². The largest absolute Gasteiger partial charge is 0.481 e. The first-order valence-corrected chi connectivity index (χ1v) is 8.61.